The normalized spacial score (nSPS) is 19.5. The Balaban J connectivity index is 1.74. The van der Waals surface area contributed by atoms with Crippen LogP contribution in [0.15, 0.2) is 71.9 Å². The lowest BCUT2D eigenvalue weighted by atomic mass is 9.97. The molecule has 5 heteroatoms. The van der Waals surface area contributed by atoms with Gasteiger partial charge in [0, 0.05) is 23.2 Å². The molecule has 0 aliphatic heterocycles. The van der Waals surface area contributed by atoms with Crippen LogP contribution in [0.25, 0.3) is 0 Å². The van der Waals surface area contributed by atoms with E-state index < -0.39 is 8.07 Å². The van der Waals surface area contributed by atoms with Gasteiger partial charge in [0.15, 0.2) is 0 Å². The molecule has 2 atom stereocenters. The lowest BCUT2D eigenvalue weighted by Crippen LogP contribution is -2.48. The average Bonchev–Trinajstić information content (AvgIpc) is 2.69. The summed E-state index contributed by atoms with van der Waals surface area (Å²) in [6.07, 6.45) is 3.83. The summed E-state index contributed by atoms with van der Waals surface area (Å²) in [5.74, 6) is -0.0925. The zero-order valence-electron chi connectivity index (χ0n) is 16.7. The Morgan fingerprint density at radius 2 is 1.29 bits per heavy atom. The van der Waals surface area contributed by atoms with E-state index in [1.807, 2.05) is 60.7 Å². The topological polar surface area (TPSA) is 58.2 Å². The minimum atomic E-state index is -1.66. The lowest BCUT2D eigenvalue weighted by Gasteiger charge is -2.36. The largest absolute Gasteiger partial charge is 0.346 e. The van der Waals surface area contributed by atoms with E-state index >= 15 is 0 Å². The highest BCUT2D eigenvalue weighted by Gasteiger charge is 2.33. The van der Waals surface area contributed by atoms with Crippen molar-refractivity contribution < 1.29 is 9.59 Å². The lowest BCUT2D eigenvalue weighted by molar-refractivity contribution is 0.0921. The van der Waals surface area contributed by atoms with Gasteiger partial charge < -0.3 is 10.6 Å². The van der Waals surface area contributed by atoms with Crippen LogP contribution in [0.2, 0.25) is 19.6 Å². The van der Waals surface area contributed by atoms with E-state index in [1.165, 1.54) is 5.20 Å². The summed E-state index contributed by atoms with van der Waals surface area (Å²) in [5.41, 5.74) is 1.35. The molecule has 0 bridgehead atoms. The smallest absolute Gasteiger partial charge is 0.251 e. The predicted molar refractivity (Wildman–Crippen MR) is 116 cm³/mol. The molecule has 3 rings (SSSR count). The molecule has 0 radical (unpaired) electrons. The van der Waals surface area contributed by atoms with Gasteiger partial charge >= 0.3 is 0 Å². The number of benzene rings is 2. The molecular formula is C23H28N2O2Si. The fourth-order valence-electron chi connectivity index (χ4n) is 3.63. The maximum Gasteiger partial charge on any atom is 0.251 e. The van der Waals surface area contributed by atoms with Crippen molar-refractivity contribution in [2.75, 3.05) is 0 Å². The molecule has 2 N–H and O–H groups in total. The van der Waals surface area contributed by atoms with Gasteiger partial charge in [-0.05, 0) is 37.1 Å². The second-order valence-corrected chi connectivity index (χ2v) is 13.4. The van der Waals surface area contributed by atoms with Crippen LogP contribution < -0.4 is 10.6 Å². The van der Waals surface area contributed by atoms with Crippen molar-refractivity contribution in [1.29, 1.82) is 0 Å². The van der Waals surface area contributed by atoms with Crippen molar-refractivity contribution in [3.8, 4) is 0 Å². The number of hydrogen-bond donors (Lipinski definition) is 2. The molecule has 0 heterocycles. The molecule has 0 spiro atoms. The maximum absolute atomic E-state index is 12.6. The molecule has 2 amide bonds. The molecule has 1 aliphatic rings. The average molecular weight is 393 g/mol. The van der Waals surface area contributed by atoms with Gasteiger partial charge in [0.25, 0.3) is 11.8 Å². The summed E-state index contributed by atoms with van der Waals surface area (Å²) in [4.78, 5) is 25.2. The van der Waals surface area contributed by atoms with Gasteiger partial charge in [-0.2, -0.15) is 0 Å². The van der Waals surface area contributed by atoms with Gasteiger partial charge in [0.1, 0.15) is 0 Å². The zero-order valence-corrected chi connectivity index (χ0v) is 17.7. The van der Waals surface area contributed by atoms with E-state index in [9.17, 15) is 9.59 Å². The molecule has 0 saturated heterocycles. The van der Waals surface area contributed by atoms with Crippen LogP contribution in [0.5, 0.6) is 0 Å². The van der Waals surface area contributed by atoms with Crippen molar-refractivity contribution in [2.24, 2.45) is 0 Å². The van der Waals surface area contributed by atoms with E-state index in [0.717, 1.165) is 12.8 Å². The first-order valence-corrected chi connectivity index (χ1v) is 13.3. The maximum atomic E-state index is 12.6. The summed E-state index contributed by atoms with van der Waals surface area (Å²) in [7, 11) is -1.66. The van der Waals surface area contributed by atoms with Crippen LogP contribution >= 0.6 is 0 Å². The van der Waals surface area contributed by atoms with Crippen LogP contribution in [0.3, 0.4) is 0 Å². The van der Waals surface area contributed by atoms with Gasteiger partial charge in [0.05, 0.1) is 8.07 Å². The number of hydrogen-bond acceptors (Lipinski definition) is 2. The molecule has 1 aliphatic carbocycles. The Morgan fingerprint density at radius 1 is 0.786 bits per heavy atom. The Labute approximate surface area is 168 Å². The number of rotatable bonds is 5. The predicted octanol–water partition coefficient (Wildman–Crippen LogP) is 4.18. The molecule has 0 aromatic heterocycles. The van der Waals surface area contributed by atoms with E-state index in [4.69, 9.17) is 0 Å². The van der Waals surface area contributed by atoms with Crippen LogP contribution in [-0.2, 0) is 0 Å². The third kappa shape index (κ3) is 4.98. The SMILES string of the molecule is C[Si](C)(C)C1=C[C@H](NC(=O)c2ccccc2)CC[C@@H]1NC(=O)c1ccccc1. The minimum Gasteiger partial charge on any atom is -0.346 e. The second-order valence-electron chi connectivity index (χ2n) is 8.29. The summed E-state index contributed by atoms with van der Waals surface area (Å²) >= 11 is 0. The van der Waals surface area contributed by atoms with Crippen molar-refractivity contribution in [2.45, 2.75) is 44.6 Å². The molecule has 4 nitrogen and oxygen atoms in total. The van der Waals surface area contributed by atoms with E-state index in [1.54, 1.807) is 0 Å². The summed E-state index contributed by atoms with van der Waals surface area (Å²) in [5, 5.41) is 7.64. The van der Waals surface area contributed by atoms with Gasteiger partial charge in [-0.25, -0.2) is 0 Å². The first-order valence-electron chi connectivity index (χ1n) is 9.78. The van der Waals surface area contributed by atoms with Gasteiger partial charge in [-0.3, -0.25) is 9.59 Å². The Kier molecular flexibility index (Phi) is 6.14. The Bertz CT molecular complexity index is 857. The molecule has 28 heavy (non-hydrogen) atoms. The second kappa shape index (κ2) is 8.57. The van der Waals surface area contributed by atoms with Crippen molar-refractivity contribution >= 4 is 19.9 Å². The first kappa shape index (κ1) is 20.1. The van der Waals surface area contributed by atoms with Crippen LogP contribution in [0.4, 0.5) is 0 Å². The van der Waals surface area contributed by atoms with Gasteiger partial charge in [-0.15, -0.1) is 0 Å². The molecule has 2 aromatic carbocycles. The first-order chi connectivity index (χ1) is 13.3. The molecule has 2 aromatic rings. The fourth-order valence-corrected chi connectivity index (χ4v) is 5.59. The van der Waals surface area contributed by atoms with Crippen molar-refractivity contribution in [3.63, 3.8) is 0 Å². The standard InChI is InChI=1S/C23H28N2O2Si/c1-28(2,3)21-16-19(24-22(26)17-10-6-4-7-11-17)14-15-20(21)25-23(27)18-12-8-5-9-13-18/h4-13,16,19-20H,14-15H2,1-3H3,(H,24,26)(H,25,27)/t19-,20+/m1/s1. The molecular weight excluding hydrogens is 364 g/mol. The fraction of sp³-hybridized carbons (Fsp3) is 0.304. The third-order valence-electron chi connectivity index (χ3n) is 5.08. The molecule has 0 saturated carbocycles. The quantitative estimate of drug-likeness (QED) is 0.750. The van der Waals surface area contributed by atoms with Crippen LogP contribution in [0, 0.1) is 0 Å². The number of amides is 2. The van der Waals surface area contributed by atoms with Crippen LogP contribution in [-0.4, -0.2) is 32.0 Å². The highest BCUT2D eigenvalue weighted by Crippen LogP contribution is 2.27. The molecule has 0 fully saturated rings. The summed E-state index contributed by atoms with van der Waals surface area (Å²) in [6, 6.07) is 18.6. The Hall–Kier alpha value is -2.66. The van der Waals surface area contributed by atoms with Gasteiger partial charge in [0.2, 0.25) is 0 Å². The number of carbonyl (C=O) groups excluding carboxylic acids is 2. The summed E-state index contributed by atoms with van der Waals surface area (Å²) < 4.78 is 0. The zero-order chi connectivity index (χ0) is 20.1. The molecule has 0 unspecified atom stereocenters. The monoisotopic (exact) mass is 392 g/mol. The van der Waals surface area contributed by atoms with Gasteiger partial charge in [-0.1, -0.05) is 67.3 Å². The van der Waals surface area contributed by atoms with Crippen LogP contribution in [0.1, 0.15) is 33.6 Å². The van der Waals surface area contributed by atoms with Crippen molar-refractivity contribution in [1.82, 2.24) is 10.6 Å². The number of nitrogens with one attached hydrogen (secondary N) is 2. The number of carbonyl (C=O) groups is 2. The summed E-state index contributed by atoms with van der Waals surface area (Å²) in [6.45, 7) is 6.84. The minimum absolute atomic E-state index is 0.000640. The Morgan fingerprint density at radius 3 is 1.79 bits per heavy atom. The van der Waals surface area contributed by atoms with Crippen molar-refractivity contribution in [3.05, 3.63) is 83.1 Å². The van der Waals surface area contributed by atoms with E-state index in [2.05, 4.69) is 36.4 Å². The highest BCUT2D eigenvalue weighted by atomic mass is 28.3. The third-order valence-corrected chi connectivity index (χ3v) is 7.33. The highest BCUT2D eigenvalue weighted by molar-refractivity contribution is 6.83. The van der Waals surface area contributed by atoms with E-state index in [0.29, 0.717) is 11.1 Å². The molecule has 146 valence electrons. The van der Waals surface area contributed by atoms with E-state index in [-0.39, 0.29) is 23.9 Å².